The number of alkyl halides is 3. The number of nitrogens with one attached hydrogen (secondary N) is 2. The first-order valence-corrected chi connectivity index (χ1v) is 6.75. The average molecular weight is 270 g/mol. The van der Waals surface area contributed by atoms with E-state index in [4.69, 9.17) is 0 Å². The van der Waals surface area contributed by atoms with Crippen LogP contribution in [0.15, 0.2) is 0 Å². The van der Waals surface area contributed by atoms with Crippen molar-refractivity contribution in [1.29, 1.82) is 0 Å². The molecule has 0 radical (unpaired) electrons. The van der Waals surface area contributed by atoms with E-state index in [2.05, 4.69) is 5.32 Å². The third kappa shape index (κ3) is 7.49. The van der Waals surface area contributed by atoms with Crippen LogP contribution in [0.25, 0.3) is 0 Å². The molecule has 0 aliphatic carbocycles. The molecule has 2 N–H and O–H groups in total. The maximum atomic E-state index is 11.8. The van der Waals surface area contributed by atoms with E-state index in [1.165, 1.54) is 0 Å². The van der Waals surface area contributed by atoms with E-state index in [1.807, 2.05) is 17.1 Å². The smallest absolute Gasteiger partial charge is 0.346 e. The minimum atomic E-state index is -4.34. The van der Waals surface area contributed by atoms with Gasteiger partial charge in [-0.25, -0.2) is 0 Å². The van der Waals surface area contributed by atoms with Crippen LogP contribution in [0.3, 0.4) is 0 Å². The lowest BCUT2D eigenvalue weighted by Crippen LogP contribution is -2.40. The van der Waals surface area contributed by atoms with Gasteiger partial charge in [0.1, 0.15) is 6.54 Å². The highest BCUT2D eigenvalue weighted by Gasteiger charge is 2.27. The first-order valence-electron chi connectivity index (χ1n) is 5.59. The van der Waals surface area contributed by atoms with Gasteiger partial charge in [0.25, 0.3) is 0 Å². The summed E-state index contributed by atoms with van der Waals surface area (Å²) in [6.07, 6.45) is -2.11. The van der Waals surface area contributed by atoms with Gasteiger partial charge in [-0.1, -0.05) is 0 Å². The van der Waals surface area contributed by atoms with Crippen molar-refractivity contribution in [1.82, 2.24) is 10.6 Å². The number of carbonyl (C=O) groups excluding carboxylic acids is 1. The van der Waals surface area contributed by atoms with Gasteiger partial charge in [0.05, 0.1) is 6.54 Å². The van der Waals surface area contributed by atoms with Crippen molar-refractivity contribution in [2.45, 2.75) is 19.0 Å². The molecule has 1 saturated heterocycles. The maximum Gasteiger partial charge on any atom is 0.405 e. The molecule has 0 aromatic rings. The molecule has 100 valence electrons. The predicted molar refractivity (Wildman–Crippen MR) is 62.0 cm³/mol. The van der Waals surface area contributed by atoms with Crippen LogP contribution in [0.1, 0.15) is 12.8 Å². The van der Waals surface area contributed by atoms with Gasteiger partial charge in [-0.05, 0) is 36.8 Å². The van der Waals surface area contributed by atoms with Crippen molar-refractivity contribution < 1.29 is 18.0 Å². The Hall–Kier alpha value is -0.430. The molecule has 0 aromatic carbocycles. The number of rotatable bonds is 5. The number of carbonyl (C=O) groups is 1. The second kappa shape index (κ2) is 7.10. The lowest BCUT2D eigenvalue weighted by Gasteiger charge is -2.21. The van der Waals surface area contributed by atoms with Crippen LogP contribution in [0, 0.1) is 5.92 Å². The molecule has 7 heteroatoms. The topological polar surface area (TPSA) is 41.1 Å². The van der Waals surface area contributed by atoms with Crippen LogP contribution in [-0.4, -0.2) is 43.2 Å². The maximum absolute atomic E-state index is 11.8. The predicted octanol–water partition coefficient (Wildman–Crippen LogP) is 1.40. The molecule has 1 rings (SSSR count). The van der Waals surface area contributed by atoms with Gasteiger partial charge >= 0.3 is 6.18 Å². The highest BCUT2D eigenvalue weighted by Crippen LogP contribution is 2.21. The third-order valence-corrected chi connectivity index (χ3v) is 3.59. The molecule has 1 amide bonds. The fourth-order valence-electron chi connectivity index (χ4n) is 1.60. The molecule has 1 aliphatic heterocycles. The Labute approximate surface area is 103 Å². The second-order valence-corrected chi connectivity index (χ2v) is 5.30. The average Bonchev–Trinajstić information content (AvgIpc) is 2.27. The fourth-order valence-corrected chi connectivity index (χ4v) is 2.81. The number of hydrogen-bond acceptors (Lipinski definition) is 3. The van der Waals surface area contributed by atoms with Gasteiger partial charge in [0, 0.05) is 0 Å². The minimum Gasteiger partial charge on any atom is -0.346 e. The molecular weight excluding hydrogens is 253 g/mol. The van der Waals surface area contributed by atoms with Crippen molar-refractivity contribution >= 4 is 17.7 Å². The SMILES string of the molecule is O=C(CNCC1CCSCC1)NCC(F)(F)F. The summed E-state index contributed by atoms with van der Waals surface area (Å²) in [6, 6.07) is 0. The van der Waals surface area contributed by atoms with E-state index < -0.39 is 18.6 Å². The number of thioether (sulfide) groups is 1. The molecule has 0 unspecified atom stereocenters. The van der Waals surface area contributed by atoms with Crippen molar-refractivity contribution in [3.8, 4) is 0 Å². The Morgan fingerprint density at radius 1 is 1.29 bits per heavy atom. The molecular formula is C10H17F3N2OS. The van der Waals surface area contributed by atoms with Crippen LogP contribution in [0.4, 0.5) is 13.2 Å². The Kier molecular flexibility index (Phi) is 6.11. The standard InChI is InChI=1S/C10H17F3N2OS/c11-10(12,13)7-15-9(16)6-14-5-8-1-3-17-4-2-8/h8,14H,1-7H2,(H,15,16). The molecule has 1 aliphatic rings. The van der Waals surface area contributed by atoms with Gasteiger partial charge in [0.15, 0.2) is 0 Å². The lowest BCUT2D eigenvalue weighted by atomic mass is 10.0. The first-order chi connectivity index (χ1) is 7.97. The van der Waals surface area contributed by atoms with Crippen LogP contribution in [0.5, 0.6) is 0 Å². The number of amides is 1. The Bertz CT molecular complexity index is 242. The van der Waals surface area contributed by atoms with Gasteiger partial charge in [-0.3, -0.25) is 4.79 Å². The van der Waals surface area contributed by atoms with E-state index in [0.717, 1.165) is 24.3 Å². The molecule has 1 fully saturated rings. The monoisotopic (exact) mass is 270 g/mol. The van der Waals surface area contributed by atoms with E-state index >= 15 is 0 Å². The van der Waals surface area contributed by atoms with E-state index in [1.54, 1.807) is 0 Å². The number of hydrogen-bond donors (Lipinski definition) is 2. The zero-order valence-electron chi connectivity index (χ0n) is 9.48. The molecule has 3 nitrogen and oxygen atoms in total. The molecule has 0 spiro atoms. The molecule has 0 saturated carbocycles. The Morgan fingerprint density at radius 3 is 2.53 bits per heavy atom. The summed E-state index contributed by atoms with van der Waals surface area (Å²) >= 11 is 1.92. The van der Waals surface area contributed by atoms with Gasteiger partial charge in [-0.2, -0.15) is 24.9 Å². The third-order valence-electron chi connectivity index (χ3n) is 2.55. The van der Waals surface area contributed by atoms with Crippen molar-refractivity contribution in [3.63, 3.8) is 0 Å². The summed E-state index contributed by atoms with van der Waals surface area (Å²) in [6.45, 7) is -0.590. The van der Waals surface area contributed by atoms with Crippen molar-refractivity contribution in [2.24, 2.45) is 5.92 Å². The summed E-state index contributed by atoms with van der Waals surface area (Å²) in [7, 11) is 0. The van der Waals surface area contributed by atoms with E-state index in [0.29, 0.717) is 12.5 Å². The zero-order chi connectivity index (χ0) is 12.7. The van der Waals surface area contributed by atoms with Crippen molar-refractivity contribution in [3.05, 3.63) is 0 Å². The van der Waals surface area contributed by atoms with E-state index in [9.17, 15) is 18.0 Å². The van der Waals surface area contributed by atoms with Gasteiger partial charge in [-0.15, -0.1) is 0 Å². The zero-order valence-corrected chi connectivity index (χ0v) is 10.3. The summed E-state index contributed by atoms with van der Waals surface area (Å²) in [5.74, 6) is 2.21. The molecule has 17 heavy (non-hydrogen) atoms. The van der Waals surface area contributed by atoms with E-state index in [-0.39, 0.29) is 6.54 Å². The van der Waals surface area contributed by atoms with Crippen LogP contribution in [0.2, 0.25) is 0 Å². The fraction of sp³-hybridized carbons (Fsp3) is 0.900. The summed E-state index contributed by atoms with van der Waals surface area (Å²) < 4.78 is 35.4. The highest BCUT2D eigenvalue weighted by atomic mass is 32.2. The highest BCUT2D eigenvalue weighted by molar-refractivity contribution is 7.99. The molecule has 0 bridgehead atoms. The lowest BCUT2D eigenvalue weighted by molar-refractivity contribution is -0.137. The van der Waals surface area contributed by atoms with Crippen molar-refractivity contribution in [2.75, 3.05) is 31.1 Å². The van der Waals surface area contributed by atoms with Crippen LogP contribution >= 0.6 is 11.8 Å². The minimum absolute atomic E-state index is 0.0419. The first kappa shape index (κ1) is 14.6. The van der Waals surface area contributed by atoms with Crippen LogP contribution < -0.4 is 10.6 Å². The molecule has 0 aromatic heterocycles. The molecule has 1 heterocycles. The Balaban J connectivity index is 2.03. The van der Waals surface area contributed by atoms with Gasteiger partial charge < -0.3 is 10.6 Å². The van der Waals surface area contributed by atoms with Gasteiger partial charge in [0.2, 0.25) is 5.91 Å². The second-order valence-electron chi connectivity index (χ2n) is 4.08. The summed E-state index contributed by atoms with van der Waals surface area (Å²) in [5.41, 5.74) is 0. The largest absolute Gasteiger partial charge is 0.405 e. The van der Waals surface area contributed by atoms with Crippen LogP contribution in [-0.2, 0) is 4.79 Å². The quantitative estimate of drug-likeness (QED) is 0.793. The normalized spacial score (nSPS) is 18.1. The summed E-state index contributed by atoms with van der Waals surface area (Å²) in [4.78, 5) is 11.1. The summed E-state index contributed by atoms with van der Waals surface area (Å²) in [5, 5.41) is 4.73. The number of halogens is 3. The molecule has 0 atom stereocenters. The Morgan fingerprint density at radius 2 is 1.94 bits per heavy atom.